The fourth-order valence-corrected chi connectivity index (χ4v) is 2.50. The van der Waals surface area contributed by atoms with Crippen molar-refractivity contribution < 1.29 is 19.1 Å². The third-order valence-electron chi connectivity index (χ3n) is 3.85. The van der Waals surface area contributed by atoms with Gasteiger partial charge in [0.15, 0.2) is 0 Å². The van der Waals surface area contributed by atoms with Gasteiger partial charge < -0.3 is 19.7 Å². The summed E-state index contributed by atoms with van der Waals surface area (Å²) >= 11 is 0. The summed E-state index contributed by atoms with van der Waals surface area (Å²) < 4.78 is 10.9. The zero-order chi connectivity index (χ0) is 17.5. The van der Waals surface area contributed by atoms with E-state index in [0.717, 1.165) is 5.56 Å². The quantitative estimate of drug-likeness (QED) is 0.849. The van der Waals surface area contributed by atoms with Gasteiger partial charge in [-0.2, -0.15) is 5.10 Å². The van der Waals surface area contributed by atoms with Crippen LogP contribution in [-0.4, -0.2) is 59.4 Å². The second-order valence-electron chi connectivity index (χ2n) is 5.68. The summed E-state index contributed by atoms with van der Waals surface area (Å²) in [6.45, 7) is 1.80. The molecule has 132 valence electrons. The predicted octanol–water partition coefficient (Wildman–Crippen LogP) is 1.18. The molecule has 3 rings (SSSR count). The summed E-state index contributed by atoms with van der Waals surface area (Å²) in [5.74, 6) is -0.235. The monoisotopic (exact) mass is 344 g/mol. The number of hydrogen-bond acceptors (Lipinski definition) is 5. The Kier molecular flexibility index (Phi) is 5.63. The van der Waals surface area contributed by atoms with Crippen LogP contribution in [0.25, 0.3) is 0 Å². The van der Waals surface area contributed by atoms with Crippen LogP contribution >= 0.6 is 0 Å². The molecule has 1 atom stereocenters. The smallest absolute Gasteiger partial charge is 0.410 e. The van der Waals surface area contributed by atoms with Crippen molar-refractivity contribution in [3.63, 3.8) is 0 Å². The number of carbonyl (C=O) groups is 2. The molecule has 0 bridgehead atoms. The van der Waals surface area contributed by atoms with E-state index in [2.05, 4.69) is 15.5 Å². The predicted molar refractivity (Wildman–Crippen MR) is 88.9 cm³/mol. The summed E-state index contributed by atoms with van der Waals surface area (Å²) in [7, 11) is 0. The standard InChI is InChI=1S/C17H20N4O4/c22-16(14-8-19-20-9-14)18-10-15-11-21(6-7-24-15)17(23)25-12-13-4-2-1-3-5-13/h1-5,8-9,15H,6-7,10-12H2,(H,18,22)(H,19,20). The normalized spacial score (nSPS) is 17.1. The highest BCUT2D eigenvalue weighted by atomic mass is 16.6. The number of nitrogens with zero attached hydrogens (tertiary/aromatic N) is 2. The maximum atomic E-state index is 12.2. The molecular formula is C17H20N4O4. The largest absolute Gasteiger partial charge is 0.445 e. The average molecular weight is 344 g/mol. The number of nitrogens with one attached hydrogen (secondary N) is 2. The molecule has 1 aromatic carbocycles. The summed E-state index contributed by atoms with van der Waals surface area (Å²) in [5.41, 5.74) is 1.39. The highest BCUT2D eigenvalue weighted by molar-refractivity contribution is 5.93. The molecule has 2 amide bonds. The second kappa shape index (κ2) is 8.29. The maximum Gasteiger partial charge on any atom is 0.410 e. The van der Waals surface area contributed by atoms with Crippen LogP contribution in [0.3, 0.4) is 0 Å². The van der Waals surface area contributed by atoms with Crippen molar-refractivity contribution in [1.82, 2.24) is 20.4 Å². The minimum Gasteiger partial charge on any atom is -0.445 e. The Morgan fingerprint density at radius 1 is 1.36 bits per heavy atom. The summed E-state index contributed by atoms with van der Waals surface area (Å²) in [4.78, 5) is 25.7. The van der Waals surface area contributed by atoms with Gasteiger partial charge in [-0.25, -0.2) is 4.79 Å². The number of H-pyrrole nitrogens is 1. The molecule has 2 N–H and O–H groups in total. The lowest BCUT2D eigenvalue weighted by Crippen LogP contribution is -2.49. The van der Waals surface area contributed by atoms with E-state index in [9.17, 15) is 9.59 Å². The SMILES string of the molecule is O=C(NCC1CN(C(=O)OCc2ccccc2)CCO1)c1cn[nH]c1. The van der Waals surface area contributed by atoms with Gasteiger partial charge in [0.25, 0.3) is 5.91 Å². The molecule has 1 fully saturated rings. The zero-order valence-electron chi connectivity index (χ0n) is 13.7. The van der Waals surface area contributed by atoms with Gasteiger partial charge in [0.2, 0.25) is 0 Å². The molecule has 1 aliphatic heterocycles. The van der Waals surface area contributed by atoms with Crippen molar-refractivity contribution in [2.75, 3.05) is 26.2 Å². The lowest BCUT2D eigenvalue weighted by atomic mass is 10.2. The average Bonchev–Trinajstić information content (AvgIpc) is 3.20. The van der Waals surface area contributed by atoms with E-state index in [1.807, 2.05) is 30.3 Å². The van der Waals surface area contributed by atoms with E-state index in [1.165, 1.54) is 12.4 Å². The Labute approximate surface area is 145 Å². The van der Waals surface area contributed by atoms with Gasteiger partial charge in [0, 0.05) is 19.3 Å². The topological polar surface area (TPSA) is 96.6 Å². The molecule has 2 aromatic rings. The molecule has 8 heteroatoms. The van der Waals surface area contributed by atoms with Gasteiger partial charge in [-0.15, -0.1) is 0 Å². The van der Waals surface area contributed by atoms with Crippen LogP contribution in [0.4, 0.5) is 4.79 Å². The fourth-order valence-electron chi connectivity index (χ4n) is 2.50. The molecule has 8 nitrogen and oxygen atoms in total. The van der Waals surface area contributed by atoms with Crippen LogP contribution in [0.2, 0.25) is 0 Å². The van der Waals surface area contributed by atoms with Crippen molar-refractivity contribution in [1.29, 1.82) is 0 Å². The van der Waals surface area contributed by atoms with E-state index in [-0.39, 0.29) is 24.7 Å². The van der Waals surface area contributed by atoms with E-state index in [1.54, 1.807) is 4.90 Å². The van der Waals surface area contributed by atoms with E-state index < -0.39 is 0 Å². The molecule has 1 saturated heterocycles. The Bertz CT molecular complexity index is 690. The Morgan fingerprint density at radius 2 is 2.20 bits per heavy atom. The molecule has 0 radical (unpaired) electrons. The minimum atomic E-state index is -0.377. The van der Waals surface area contributed by atoms with Crippen molar-refractivity contribution in [2.45, 2.75) is 12.7 Å². The van der Waals surface area contributed by atoms with Crippen LogP contribution in [0.5, 0.6) is 0 Å². The number of rotatable bonds is 5. The molecule has 0 saturated carbocycles. The molecule has 1 unspecified atom stereocenters. The van der Waals surface area contributed by atoms with Gasteiger partial charge >= 0.3 is 6.09 Å². The maximum absolute atomic E-state index is 12.2. The van der Waals surface area contributed by atoms with Crippen molar-refractivity contribution in [2.24, 2.45) is 0 Å². The molecular weight excluding hydrogens is 324 g/mol. The highest BCUT2D eigenvalue weighted by Gasteiger charge is 2.25. The second-order valence-corrected chi connectivity index (χ2v) is 5.68. The molecule has 25 heavy (non-hydrogen) atoms. The third kappa shape index (κ3) is 4.80. The van der Waals surface area contributed by atoms with Gasteiger partial charge in [-0.3, -0.25) is 9.89 Å². The highest BCUT2D eigenvalue weighted by Crippen LogP contribution is 2.09. The molecule has 1 aromatic heterocycles. The molecule has 0 aliphatic carbocycles. The minimum absolute atomic E-state index is 0.235. The lowest BCUT2D eigenvalue weighted by Gasteiger charge is -2.32. The van der Waals surface area contributed by atoms with Crippen molar-refractivity contribution in [3.8, 4) is 0 Å². The van der Waals surface area contributed by atoms with Gasteiger partial charge in [0.1, 0.15) is 6.61 Å². The number of hydrogen-bond donors (Lipinski definition) is 2. The van der Waals surface area contributed by atoms with Gasteiger partial charge in [-0.1, -0.05) is 30.3 Å². The third-order valence-corrected chi connectivity index (χ3v) is 3.85. The van der Waals surface area contributed by atoms with Crippen molar-refractivity contribution >= 4 is 12.0 Å². The van der Waals surface area contributed by atoms with Crippen LogP contribution in [-0.2, 0) is 16.1 Å². The first-order valence-corrected chi connectivity index (χ1v) is 8.06. The lowest BCUT2D eigenvalue weighted by molar-refractivity contribution is -0.0263. The Hall–Kier alpha value is -2.87. The molecule has 0 spiro atoms. The summed E-state index contributed by atoms with van der Waals surface area (Å²) in [6.07, 6.45) is 2.32. The van der Waals surface area contributed by atoms with Crippen molar-refractivity contribution in [3.05, 3.63) is 53.9 Å². The van der Waals surface area contributed by atoms with Gasteiger partial charge in [0.05, 0.1) is 31.0 Å². The number of benzene rings is 1. The van der Waals surface area contributed by atoms with Crippen LogP contribution in [0.1, 0.15) is 15.9 Å². The number of morpholine rings is 1. The number of aromatic amines is 1. The van der Waals surface area contributed by atoms with Crippen LogP contribution < -0.4 is 5.32 Å². The number of carbonyl (C=O) groups excluding carboxylic acids is 2. The van der Waals surface area contributed by atoms with E-state index >= 15 is 0 Å². The zero-order valence-corrected chi connectivity index (χ0v) is 13.7. The summed E-state index contributed by atoms with van der Waals surface area (Å²) in [5, 5.41) is 9.09. The first-order valence-electron chi connectivity index (χ1n) is 8.06. The molecule has 2 heterocycles. The fraction of sp³-hybridized carbons (Fsp3) is 0.353. The van der Waals surface area contributed by atoms with Crippen LogP contribution in [0, 0.1) is 0 Å². The van der Waals surface area contributed by atoms with E-state index in [4.69, 9.17) is 9.47 Å². The number of aromatic nitrogens is 2. The van der Waals surface area contributed by atoms with E-state index in [0.29, 0.717) is 31.8 Å². The number of ether oxygens (including phenoxy) is 2. The molecule has 1 aliphatic rings. The Morgan fingerprint density at radius 3 is 2.96 bits per heavy atom. The number of amides is 2. The van der Waals surface area contributed by atoms with Gasteiger partial charge in [-0.05, 0) is 5.56 Å². The van der Waals surface area contributed by atoms with Crippen LogP contribution in [0.15, 0.2) is 42.7 Å². The Balaban J connectivity index is 1.44. The first-order chi connectivity index (χ1) is 12.2. The summed E-state index contributed by atoms with van der Waals surface area (Å²) in [6, 6.07) is 9.52. The first kappa shape index (κ1) is 17.0.